The van der Waals surface area contributed by atoms with E-state index in [0.29, 0.717) is 32.9 Å². The maximum Gasteiger partial charge on any atom is 0.0699 e. The minimum atomic E-state index is 0.176. The predicted molar refractivity (Wildman–Crippen MR) is 83.7 cm³/mol. The molecule has 0 aliphatic carbocycles. The molecule has 2 nitrogen and oxygen atoms in total. The van der Waals surface area contributed by atoms with Crippen molar-refractivity contribution in [2.45, 2.75) is 47.4 Å². The lowest BCUT2D eigenvalue weighted by atomic mass is 10.1. The highest BCUT2D eigenvalue weighted by atomic mass is 35.5. The Balaban J connectivity index is 2.46. The van der Waals surface area contributed by atoms with Gasteiger partial charge in [0, 0.05) is 33.6 Å². The molecule has 1 rings (SSSR count). The number of hydrogen-bond acceptors (Lipinski definition) is 4. The van der Waals surface area contributed by atoms with Crippen LogP contribution in [0.3, 0.4) is 0 Å². The van der Waals surface area contributed by atoms with Gasteiger partial charge in [-0.25, -0.2) is 0 Å². The Morgan fingerprint density at radius 2 is 1.82 bits per heavy atom. The number of halogens is 2. The zero-order valence-corrected chi connectivity index (χ0v) is 13.5. The molecular weight excluding hydrogens is 295 g/mol. The van der Waals surface area contributed by atoms with Crippen LogP contribution >= 0.6 is 46.7 Å². The SMILES string of the molecule is CC(CCl)SC1CCNC(SC(C)CCl)C1N. The number of piperidine rings is 1. The first-order valence-corrected chi connectivity index (χ1v) is 8.95. The summed E-state index contributed by atoms with van der Waals surface area (Å²) in [7, 11) is 0. The fourth-order valence-electron chi connectivity index (χ4n) is 1.81. The molecule has 1 aliphatic rings. The van der Waals surface area contributed by atoms with Crippen molar-refractivity contribution in [3.63, 3.8) is 0 Å². The van der Waals surface area contributed by atoms with E-state index in [-0.39, 0.29) is 6.04 Å². The number of alkyl halides is 2. The van der Waals surface area contributed by atoms with Crippen LogP contribution in [0, 0.1) is 0 Å². The summed E-state index contributed by atoms with van der Waals surface area (Å²) < 4.78 is 0. The molecule has 102 valence electrons. The Labute approximate surface area is 123 Å². The summed E-state index contributed by atoms with van der Waals surface area (Å²) in [6.07, 6.45) is 1.12. The molecule has 0 aromatic rings. The van der Waals surface area contributed by atoms with Crippen molar-refractivity contribution in [3.05, 3.63) is 0 Å². The number of nitrogens with one attached hydrogen (secondary N) is 1. The van der Waals surface area contributed by atoms with Crippen LogP contribution in [0.5, 0.6) is 0 Å². The third-order valence-electron chi connectivity index (χ3n) is 2.77. The van der Waals surface area contributed by atoms with E-state index in [9.17, 15) is 0 Å². The van der Waals surface area contributed by atoms with Gasteiger partial charge in [-0.1, -0.05) is 13.8 Å². The van der Waals surface area contributed by atoms with Crippen LogP contribution < -0.4 is 11.1 Å². The van der Waals surface area contributed by atoms with Gasteiger partial charge in [-0.3, -0.25) is 0 Å². The highest BCUT2D eigenvalue weighted by Crippen LogP contribution is 2.31. The number of hydrogen-bond donors (Lipinski definition) is 2. The molecule has 0 radical (unpaired) electrons. The van der Waals surface area contributed by atoms with E-state index in [2.05, 4.69) is 19.2 Å². The van der Waals surface area contributed by atoms with Crippen LogP contribution in [0.4, 0.5) is 0 Å². The molecular formula is C11H22Cl2N2S2. The smallest absolute Gasteiger partial charge is 0.0699 e. The summed E-state index contributed by atoms with van der Waals surface area (Å²) in [6, 6.07) is 0.176. The van der Waals surface area contributed by atoms with Crippen LogP contribution in [0.25, 0.3) is 0 Å². The van der Waals surface area contributed by atoms with E-state index >= 15 is 0 Å². The largest absolute Gasteiger partial charge is 0.325 e. The number of thioether (sulfide) groups is 2. The Morgan fingerprint density at radius 1 is 1.24 bits per heavy atom. The average Bonchev–Trinajstić information content (AvgIpc) is 2.33. The lowest BCUT2D eigenvalue weighted by Gasteiger charge is -2.37. The Hall–Kier alpha value is 1.20. The van der Waals surface area contributed by atoms with Crippen molar-refractivity contribution < 1.29 is 0 Å². The molecule has 0 aromatic carbocycles. The summed E-state index contributed by atoms with van der Waals surface area (Å²) in [5.74, 6) is 1.36. The fourth-order valence-corrected chi connectivity index (χ4v) is 4.77. The molecule has 1 saturated heterocycles. The Kier molecular flexibility index (Phi) is 8.02. The van der Waals surface area contributed by atoms with Gasteiger partial charge in [0.15, 0.2) is 0 Å². The van der Waals surface area contributed by atoms with Gasteiger partial charge in [0.1, 0.15) is 0 Å². The van der Waals surface area contributed by atoms with Crippen molar-refractivity contribution in [1.82, 2.24) is 5.32 Å². The normalized spacial score (nSPS) is 33.4. The second-order valence-electron chi connectivity index (χ2n) is 4.48. The Morgan fingerprint density at radius 3 is 2.41 bits per heavy atom. The maximum absolute atomic E-state index is 6.34. The highest BCUT2D eigenvalue weighted by Gasteiger charge is 2.32. The van der Waals surface area contributed by atoms with Crippen LogP contribution in [0.2, 0.25) is 0 Å². The lowest BCUT2D eigenvalue weighted by molar-refractivity contribution is 0.441. The second kappa shape index (κ2) is 8.39. The van der Waals surface area contributed by atoms with Gasteiger partial charge < -0.3 is 11.1 Å². The monoisotopic (exact) mass is 316 g/mol. The molecule has 0 spiro atoms. The molecule has 1 fully saturated rings. The third-order valence-corrected chi connectivity index (χ3v) is 7.00. The number of rotatable bonds is 6. The molecule has 6 heteroatoms. The summed E-state index contributed by atoms with van der Waals surface area (Å²) in [6.45, 7) is 5.34. The second-order valence-corrected chi connectivity index (χ2v) is 8.37. The topological polar surface area (TPSA) is 38.0 Å². The predicted octanol–water partition coefficient (Wildman–Crippen LogP) is 2.72. The average molecular weight is 317 g/mol. The van der Waals surface area contributed by atoms with Crippen molar-refractivity contribution in [2.24, 2.45) is 5.73 Å². The van der Waals surface area contributed by atoms with E-state index in [0.717, 1.165) is 13.0 Å². The van der Waals surface area contributed by atoms with Gasteiger partial charge >= 0.3 is 0 Å². The summed E-state index contributed by atoms with van der Waals surface area (Å²) >= 11 is 15.5. The molecule has 3 N–H and O–H groups in total. The minimum Gasteiger partial charge on any atom is -0.325 e. The van der Waals surface area contributed by atoms with Crippen LogP contribution in [0.15, 0.2) is 0 Å². The summed E-state index contributed by atoms with van der Waals surface area (Å²) in [4.78, 5) is 0. The van der Waals surface area contributed by atoms with Crippen LogP contribution in [0.1, 0.15) is 20.3 Å². The van der Waals surface area contributed by atoms with Gasteiger partial charge in [-0.15, -0.1) is 35.0 Å². The van der Waals surface area contributed by atoms with Gasteiger partial charge in [0.25, 0.3) is 0 Å². The van der Waals surface area contributed by atoms with E-state index in [1.165, 1.54) is 0 Å². The lowest BCUT2D eigenvalue weighted by Crippen LogP contribution is -2.55. The highest BCUT2D eigenvalue weighted by molar-refractivity contribution is 8.01. The summed E-state index contributed by atoms with van der Waals surface area (Å²) in [5.41, 5.74) is 6.34. The van der Waals surface area contributed by atoms with Crippen molar-refractivity contribution in [2.75, 3.05) is 18.3 Å². The van der Waals surface area contributed by atoms with E-state index in [4.69, 9.17) is 28.9 Å². The fraction of sp³-hybridized carbons (Fsp3) is 1.00. The first-order valence-electron chi connectivity index (χ1n) is 6.00. The molecule has 5 atom stereocenters. The van der Waals surface area contributed by atoms with Gasteiger partial charge in [-0.2, -0.15) is 11.8 Å². The molecule has 5 unspecified atom stereocenters. The molecule has 0 bridgehead atoms. The van der Waals surface area contributed by atoms with E-state index < -0.39 is 0 Å². The van der Waals surface area contributed by atoms with Crippen LogP contribution in [-0.4, -0.2) is 45.5 Å². The quantitative estimate of drug-likeness (QED) is 0.739. The Bertz CT molecular complexity index is 202. The van der Waals surface area contributed by atoms with Crippen LogP contribution in [-0.2, 0) is 0 Å². The van der Waals surface area contributed by atoms with Crippen molar-refractivity contribution in [1.29, 1.82) is 0 Å². The standard InChI is InChI=1S/C11H22Cl2N2S2/c1-7(5-12)16-9-3-4-15-11(10(9)14)17-8(2)6-13/h7-11,15H,3-6,14H2,1-2H3. The molecule has 0 aromatic heterocycles. The van der Waals surface area contributed by atoms with Gasteiger partial charge in [0.2, 0.25) is 0 Å². The molecule has 0 saturated carbocycles. The zero-order valence-electron chi connectivity index (χ0n) is 10.4. The van der Waals surface area contributed by atoms with E-state index in [1.54, 1.807) is 0 Å². The van der Waals surface area contributed by atoms with Gasteiger partial charge in [0.05, 0.1) is 5.37 Å². The molecule has 0 amide bonds. The first kappa shape index (κ1) is 16.3. The zero-order chi connectivity index (χ0) is 12.8. The molecule has 1 aliphatic heterocycles. The first-order chi connectivity index (χ1) is 8.08. The third kappa shape index (κ3) is 5.37. The number of nitrogens with two attached hydrogens (primary N) is 1. The van der Waals surface area contributed by atoms with E-state index in [1.807, 2.05) is 23.5 Å². The molecule has 1 heterocycles. The van der Waals surface area contributed by atoms with Crippen molar-refractivity contribution in [3.8, 4) is 0 Å². The summed E-state index contributed by atoms with van der Waals surface area (Å²) in [5, 5.41) is 5.22. The van der Waals surface area contributed by atoms with Gasteiger partial charge in [-0.05, 0) is 13.0 Å². The minimum absolute atomic E-state index is 0.176. The maximum atomic E-state index is 6.34. The molecule has 17 heavy (non-hydrogen) atoms. The van der Waals surface area contributed by atoms with Crippen molar-refractivity contribution >= 4 is 46.7 Å².